The van der Waals surface area contributed by atoms with Crippen LogP contribution in [0.3, 0.4) is 0 Å². The number of methoxy groups -OCH3 is 1. The lowest BCUT2D eigenvalue weighted by Gasteiger charge is -2.04. The monoisotopic (exact) mass is 193 g/mol. The van der Waals surface area contributed by atoms with Gasteiger partial charge in [0.15, 0.2) is 0 Å². The number of hydrogen-bond acceptors (Lipinski definition) is 3. The predicted molar refractivity (Wildman–Crippen MR) is 56.2 cm³/mol. The molecule has 0 aromatic heterocycles. The Kier molecular flexibility index (Phi) is 3.98. The minimum absolute atomic E-state index is 0.718. The molecule has 0 heterocycles. The first kappa shape index (κ1) is 10.6. The van der Waals surface area contributed by atoms with E-state index >= 15 is 0 Å². The Morgan fingerprint density at radius 1 is 1.36 bits per heavy atom. The van der Waals surface area contributed by atoms with Gasteiger partial charge in [-0.1, -0.05) is 18.5 Å². The van der Waals surface area contributed by atoms with E-state index in [-0.39, 0.29) is 0 Å². The van der Waals surface area contributed by atoms with E-state index < -0.39 is 0 Å². The van der Waals surface area contributed by atoms with Crippen molar-refractivity contribution in [2.75, 3.05) is 7.11 Å². The highest BCUT2D eigenvalue weighted by Crippen LogP contribution is 2.13. The Morgan fingerprint density at radius 3 is 2.43 bits per heavy atom. The van der Waals surface area contributed by atoms with E-state index in [0.29, 0.717) is 0 Å². The zero-order chi connectivity index (χ0) is 10.4. The summed E-state index contributed by atoms with van der Waals surface area (Å²) in [5.41, 5.74) is 1.66. The number of nitrogens with zero attached hydrogens (tertiary/aromatic N) is 1. The molecule has 0 fully saturated rings. The molecule has 0 aliphatic rings. The van der Waals surface area contributed by atoms with Gasteiger partial charge >= 0.3 is 0 Å². The van der Waals surface area contributed by atoms with Crippen LogP contribution in [0.2, 0.25) is 0 Å². The summed E-state index contributed by atoms with van der Waals surface area (Å²) in [5.74, 6) is 0.808. The maximum atomic E-state index is 8.79. The summed E-state index contributed by atoms with van der Waals surface area (Å²) in [4.78, 5) is 0. The van der Waals surface area contributed by atoms with Crippen molar-refractivity contribution in [3.8, 4) is 5.75 Å². The molecule has 0 saturated heterocycles. The zero-order valence-corrected chi connectivity index (χ0v) is 8.53. The second-order valence-electron chi connectivity index (χ2n) is 3.03. The average molecular weight is 193 g/mol. The smallest absolute Gasteiger partial charge is 0.118 e. The summed E-state index contributed by atoms with van der Waals surface area (Å²) < 4.78 is 5.04. The van der Waals surface area contributed by atoms with Gasteiger partial charge in [0.1, 0.15) is 5.75 Å². The summed E-state index contributed by atoms with van der Waals surface area (Å²) in [6.07, 6.45) is 1.74. The minimum atomic E-state index is 0.718. The van der Waals surface area contributed by atoms with Crippen molar-refractivity contribution in [3.05, 3.63) is 29.8 Å². The Balaban J connectivity index is 2.84. The molecule has 0 atom stereocenters. The lowest BCUT2D eigenvalue weighted by atomic mass is 10.1. The van der Waals surface area contributed by atoms with E-state index in [2.05, 4.69) is 12.1 Å². The van der Waals surface area contributed by atoms with Gasteiger partial charge in [-0.25, -0.2) is 0 Å². The standard InChI is InChI=1S/C11H15NO2/c1-3-4-11(12-13)9-5-7-10(14-2)8-6-9/h5-8,13H,3-4H2,1-2H3/b12-11+. The molecule has 3 heteroatoms. The summed E-state index contributed by atoms with van der Waals surface area (Å²) >= 11 is 0. The van der Waals surface area contributed by atoms with Crippen molar-refractivity contribution in [1.82, 2.24) is 0 Å². The van der Waals surface area contributed by atoms with E-state index in [4.69, 9.17) is 9.94 Å². The molecule has 1 aromatic carbocycles. The van der Waals surface area contributed by atoms with Gasteiger partial charge in [-0.15, -0.1) is 0 Å². The predicted octanol–water partition coefficient (Wildman–Crippen LogP) is 2.67. The average Bonchev–Trinajstić information content (AvgIpc) is 2.26. The van der Waals surface area contributed by atoms with Crippen LogP contribution in [0.1, 0.15) is 25.3 Å². The van der Waals surface area contributed by atoms with Gasteiger partial charge in [-0.05, 0) is 36.2 Å². The molecule has 0 aliphatic carbocycles. The van der Waals surface area contributed by atoms with Crippen molar-refractivity contribution in [2.45, 2.75) is 19.8 Å². The van der Waals surface area contributed by atoms with Gasteiger partial charge in [-0.2, -0.15) is 0 Å². The van der Waals surface area contributed by atoms with E-state index in [1.807, 2.05) is 24.3 Å². The van der Waals surface area contributed by atoms with Crippen LogP contribution in [-0.2, 0) is 0 Å². The van der Waals surface area contributed by atoms with E-state index in [1.54, 1.807) is 7.11 Å². The highest BCUT2D eigenvalue weighted by atomic mass is 16.5. The van der Waals surface area contributed by atoms with Crippen molar-refractivity contribution >= 4 is 5.71 Å². The third kappa shape index (κ3) is 2.49. The summed E-state index contributed by atoms with van der Waals surface area (Å²) in [6, 6.07) is 7.50. The van der Waals surface area contributed by atoms with Crippen LogP contribution in [0.4, 0.5) is 0 Å². The third-order valence-corrected chi connectivity index (χ3v) is 2.03. The summed E-state index contributed by atoms with van der Waals surface area (Å²) in [6.45, 7) is 2.05. The van der Waals surface area contributed by atoms with E-state index in [1.165, 1.54) is 0 Å². The molecular formula is C11H15NO2. The van der Waals surface area contributed by atoms with Crippen molar-refractivity contribution in [1.29, 1.82) is 0 Å². The van der Waals surface area contributed by atoms with Gasteiger partial charge in [0.2, 0.25) is 0 Å². The van der Waals surface area contributed by atoms with Gasteiger partial charge < -0.3 is 9.94 Å². The molecular weight excluding hydrogens is 178 g/mol. The van der Waals surface area contributed by atoms with Crippen LogP contribution >= 0.6 is 0 Å². The number of ether oxygens (including phenoxy) is 1. The SMILES string of the molecule is CCC/C(=N\O)c1ccc(OC)cc1. The molecule has 0 aliphatic heterocycles. The maximum absolute atomic E-state index is 8.79. The maximum Gasteiger partial charge on any atom is 0.118 e. The largest absolute Gasteiger partial charge is 0.497 e. The molecule has 0 spiro atoms. The molecule has 0 amide bonds. The lowest BCUT2D eigenvalue weighted by Crippen LogP contribution is -2.00. The molecule has 0 saturated carbocycles. The summed E-state index contributed by atoms with van der Waals surface area (Å²) in [7, 11) is 1.63. The second-order valence-corrected chi connectivity index (χ2v) is 3.03. The molecule has 76 valence electrons. The first-order chi connectivity index (χ1) is 6.81. The molecule has 0 radical (unpaired) electrons. The fourth-order valence-corrected chi connectivity index (χ4v) is 1.27. The number of oxime groups is 1. The highest BCUT2D eigenvalue weighted by Gasteiger charge is 2.02. The number of hydrogen-bond donors (Lipinski definition) is 1. The zero-order valence-electron chi connectivity index (χ0n) is 8.53. The van der Waals surface area contributed by atoms with E-state index in [0.717, 1.165) is 29.9 Å². The Labute approximate surface area is 84.0 Å². The Morgan fingerprint density at radius 2 is 2.00 bits per heavy atom. The summed E-state index contributed by atoms with van der Waals surface area (Å²) in [5, 5.41) is 12.1. The topological polar surface area (TPSA) is 41.8 Å². The van der Waals surface area contributed by atoms with Gasteiger partial charge in [-0.3, -0.25) is 0 Å². The first-order valence-electron chi connectivity index (χ1n) is 4.67. The molecule has 1 rings (SSSR count). The van der Waals surface area contributed by atoms with Crippen LogP contribution in [0, 0.1) is 0 Å². The van der Waals surface area contributed by atoms with Crippen LogP contribution < -0.4 is 4.74 Å². The fraction of sp³-hybridized carbons (Fsp3) is 0.364. The van der Waals surface area contributed by atoms with Crippen LogP contribution in [0.5, 0.6) is 5.75 Å². The molecule has 1 N–H and O–H groups in total. The third-order valence-electron chi connectivity index (χ3n) is 2.03. The van der Waals surface area contributed by atoms with Gasteiger partial charge in [0.05, 0.1) is 12.8 Å². The number of benzene rings is 1. The quantitative estimate of drug-likeness (QED) is 0.454. The molecule has 0 bridgehead atoms. The van der Waals surface area contributed by atoms with Gasteiger partial charge in [0, 0.05) is 0 Å². The fourth-order valence-electron chi connectivity index (χ4n) is 1.27. The molecule has 1 aromatic rings. The highest BCUT2D eigenvalue weighted by molar-refractivity contribution is 6.00. The van der Waals surface area contributed by atoms with E-state index in [9.17, 15) is 0 Å². The molecule has 14 heavy (non-hydrogen) atoms. The molecule has 3 nitrogen and oxygen atoms in total. The van der Waals surface area contributed by atoms with Crippen molar-refractivity contribution < 1.29 is 9.94 Å². The Hall–Kier alpha value is -1.51. The van der Waals surface area contributed by atoms with Crippen molar-refractivity contribution in [3.63, 3.8) is 0 Å². The lowest BCUT2D eigenvalue weighted by molar-refractivity contribution is 0.318. The van der Waals surface area contributed by atoms with Gasteiger partial charge in [0.25, 0.3) is 0 Å². The van der Waals surface area contributed by atoms with Crippen LogP contribution in [0.25, 0.3) is 0 Å². The normalized spacial score (nSPS) is 11.4. The van der Waals surface area contributed by atoms with Crippen LogP contribution in [-0.4, -0.2) is 18.0 Å². The molecule has 0 unspecified atom stereocenters. The number of rotatable bonds is 4. The Bertz CT molecular complexity index is 304. The van der Waals surface area contributed by atoms with Crippen LogP contribution in [0.15, 0.2) is 29.4 Å². The minimum Gasteiger partial charge on any atom is -0.497 e. The van der Waals surface area contributed by atoms with Crippen molar-refractivity contribution in [2.24, 2.45) is 5.16 Å². The first-order valence-corrected chi connectivity index (χ1v) is 4.67. The second kappa shape index (κ2) is 5.27.